The van der Waals surface area contributed by atoms with Gasteiger partial charge in [0.15, 0.2) is 5.69 Å². The molecule has 0 aliphatic heterocycles. The zero-order valence-electron chi connectivity index (χ0n) is 11.7. The molecule has 0 saturated heterocycles. The number of rotatable bonds is 6. The third kappa shape index (κ3) is 4.13. The van der Waals surface area contributed by atoms with Crippen molar-refractivity contribution < 1.29 is 14.3 Å². The molecule has 6 heteroatoms. The van der Waals surface area contributed by atoms with Gasteiger partial charge in [-0.2, -0.15) is 0 Å². The Morgan fingerprint density at radius 1 is 1.29 bits per heavy atom. The molecule has 1 aromatic heterocycles. The molecule has 21 heavy (non-hydrogen) atoms. The first-order valence-electron chi connectivity index (χ1n) is 6.58. The summed E-state index contributed by atoms with van der Waals surface area (Å²) in [4.78, 5) is 28.0. The highest BCUT2D eigenvalue weighted by molar-refractivity contribution is 7.12. The van der Waals surface area contributed by atoms with E-state index in [4.69, 9.17) is 10.5 Å². The lowest BCUT2D eigenvalue weighted by molar-refractivity contribution is -0.117. The fraction of sp³-hybridized carbons (Fsp3) is 0.267. The van der Waals surface area contributed by atoms with E-state index in [1.54, 1.807) is 6.92 Å². The Hall–Kier alpha value is -2.21. The highest BCUT2D eigenvalue weighted by Gasteiger charge is 2.20. The summed E-state index contributed by atoms with van der Waals surface area (Å²) in [5.74, 6) is -0.930. The van der Waals surface area contributed by atoms with Crippen molar-refractivity contribution >= 4 is 23.2 Å². The number of esters is 1. The topological polar surface area (TPSA) is 82.3 Å². The van der Waals surface area contributed by atoms with E-state index < -0.39 is 11.9 Å². The maximum atomic E-state index is 12.0. The molecule has 1 heterocycles. The van der Waals surface area contributed by atoms with Crippen LogP contribution in [0.15, 0.2) is 30.3 Å². The van der Waals surface area contributed by atoms with E-state index in [1.165, 1.54) is 11.3 Å². The molecule has 0 bridgehead atoms. The Labute approximate surface area is 126 Å². The second-order valence-electron chi connectivity index (χ2n) is 4.41. The number of carbonyl (C=O) groups excluding carboxylic acids is 2. The molecule has 0 fully saturated rings. The SMILES string of the molecule is CCOC(=O)c1nc(CC(N)=O)sc1Cc1ccccc1. The quantitative estimate of drug-likeness (QED) is 0.827. The summed E-state index contributed by atoms with van der Waals surface area (Å²) in [6.45, 7) is 2.03. The monoisotopic (exact) mass is 304 g/mol. The molecule has 0 radical (unpaired) electrons. The minimum atomic E-state index is -0.467. The summed E-state index contributed by atoms with van der Waals surface area (Å²) in [5, 5.41) is 0.538. The summed E-state index contributed by atoms with van der Waals surface area (Å²) in [6.07, 6.45) is 0.608. The molecule has 1 amide bonds. The van der Waals surface area contributed by atoms with Crippen LogP contribution < -0.4 is 5.73 Å². The number of nitrogens with zero attached hydrogens (tertiary/aromatic N) is 1. The summed E-state index contributed by atoms with van der Waals surface area (Å²) < 4.78 is 5.01. The van der Waals surface area contributed by atoms with Gasteiger partial charge in [-0.1, -0.05) is 30.3 Å². The minimum absolute atomic E-state index is 0.0336. The van der Waals surface area contributed by atoms with E-state index in [0.717, 1.165) is 10.4 Å². The van der Waals surface area contributed by atoms with Crippen LogP contribution in [0.1, 0.15) is 32.9 Å². The lowest BCUT2D eigenvalue weighted by Gasteiger charge is -2.02. The summed E-state index contributed by atoms with van der Waals surface area (Å²) in [6, 6.07) is 9.75. The predicted molar refractivity (Wildman–Crippen MR) is 80.2 cm³/mol. The van der Waals surface area contributed by atoms with Gasteiger partial charge in [0.05, 0.1) is 13.0 Å². The number of thiazole rings is 1. The van der Waals surface area contributed by atoms with Crippen molar-refractivity contribution in [2.45, 2.75) is 19.8 Å². The Morgan fingerprint density at radius 3 is 2.62 bits per heavy atom. The van der Waals surface area contributed by atoms with E-state index >= 15 is 0 Å². The maximum absolute atomic E-state index is 12.0. The maximum Gasteiger partial charge on any atom is 0.358 e. The molecular weight excluding hydrogens is 288 g/mol. The Bertz CT molecular complexity index is 638. The fourth-order valence-corrected chi connectivity index (χ4v) is 2.99. The number of hydrogen-bond acceptors (Lipinski definition) is 5. The van der Waals surface area contributed by atoms with Crippen molar-refractivity contribution in [1.29, 1.82) is 0 Å². The van der Waals surface area contributed by atoms with Crippen LogP contribution >= 0.6 is 11.3 Å². The number of carbonyl (C=O) groups is 2. The molecular formula is C15H16N2O3S. The van der Waals surface area contributed by atoms with Gasteiger partial charge in [0.2, 0.25) is 5.91 Å². The average molecular weight is 304 g/mol. The first-order chi connectivity index (χ1) is 10.1. The normalized spacial score (nSPS) is 10.3. The molecule has 5 nitrogen and oxygen atoms in total. The van der Waals surface area contributed by atoms with Crippen molar-refractivity contribution in [2.75, 3.05) is 6.61 Å². The molecule has 0 spiro atoms. The molecule has 0 unspecified atom stereocenters. The smallest absolute Gasteiger partial charge is 0.358 e. The molecule has 0 saturated carbocycles. The standard InChI is InChI=1S/C15H16N2O3S/c1-2-20-15(19)14-11(8-10-6-4-3-5-7-10)21-13(17-14)9-12(16)18/h3-7H,2,8-9H2,1H3,(H2,16,18). The number of ether oxygens (including phenoxy) is 1. The van der Waals surface area contributed by atoms with Crippen LogP contribution in [-0.4, -0.2) is 23.5 Å². The molecule has 2 rings (SSSR count). The molecule has 0 aliphatic carbocycles. The van der Waals surface area contributed by atoms with Gasteiger partial charge < -0.3 is 10.5 Å². The van der Waals surface area contributed by atoms with Crippen molar-refractivity contribution in [3.63, 3.8) is 0 Å². The zero-order valence-corrected chi connectivity index (χ0v) is 12.5. The number of primary amides is 1. The summed E-state index contributed by atoms with van der Waals surface area (Å²) in [5.41, 5.74) is 6.53. The van der Waals surface area contributed by atoms with Crippen LogP contribution in [0, 0.1) is 0 Å². The Balaban J connectivity index is 2.30. The van der Waals surface area contributed by atoms with E-state index in [-0.39, 0.29) is 18.7 Å². The second kappa shape index (κ2) is 6.99. The van der Waals surface area contributed by atoms with Crippen LogP contribution in [0.25, 0.3) is 0 Å². The van der Waals surface area contributed by atoms with Gasteiger partial charge in [-0.15, -0.1) is 11.3 Å². The van der Waals surface area contributed by atoms with E-state index in [1.807, 2.05) is 30.3 Å². The molecule has 0 atom stereocenters. The number of hydrogen-bond donors (Lipinski definition) is 1. The fourth-order valence-electron chi connectivity index (χ4n) is 1.89. The highest BCUT2D eigenvalue weighted by Crippen LogP contribution is 2.23. The lowest BCUT2D eigenvalue weighted by Crippen LogP contribution is -2.14. The van der Waals surface area contributed by atoms with Crippen molar-refractivity contribution in [3.05, 3.63) is 51.5 Å². The molecule has 2 N–H and O–H groups in total. The number of amides is 1. The van der Waals surface area contributed by atoms with Crippen molar-refractivity contribution in [2.24, 2.45) is 5.73 Å². The number of aromatic nitrogens is 1. The van der Waals surface area contributed by atoms with Crippen molar-refractivity contribution in [1.82, 2.24) is 4.98 Å². The first kappa shape index (κ1) is 15.2. The van der Waals surface area contributed by atoms with Gasteiger partial charge in [0.1, 0.15) is 5.01 Å². The van der Waals surface area contributed by atoms with Crippen LogP contribution in [-0.2, 0) is 22.4 Å². The van der Waals surface area contributed by atoms with Crippen LogP contribution in [0.4, 0.5) is 0 Å². The largest absolute Gasteiger partial charge is 0.461 e. The van der Waals surface area contributed by atoms with Gasteiger partial charge in [-0.05, 0) is 12.5 Å². The Kier molecular flexibility index (Phi) is 5.05. The highest BCUT2D eigenvalue weighted by atomic mass is 32.1. The van der Waals surface area contributed by atoms with E-state index in [9.17, 15) is 9.59 Å². The zero-order chi connectivity index (χ0) is 15.2. The third-order valence-corrected chi connectivity index (χ3v) is 3.80. The third-order valence-electron chi connectivity index (χ3n) is 2.74. The summed E-state index contributed by atoms with van der Waals surface area (Å²) >= 11 is 1.32. The second-order valence-corrected chi connectivity index (χ2v) is 5.57. The molecule has 1 aromatic carbocycles. The van der Waals surface area contributed by atoms with E-state index in [2.05, 4.69) is 4.98 Å². The van der Waals surface area contributed by atoms with Crippen LogP contribution in [0.5, 0.6) is 0 Å². The number of nitrogens with two attached hydrogens (primary N) is 1. The van der Waals surface area contributed by atoms with Crippen LogP contribution in [0.2, 0.25) is 0 Å². The van der Waals surface area contributed by atoms with Gasteiger partial charge in [-0.25, -0.2) is 9.78 Å². The molecule has 2 aromatic rings. The minimum Gasteiger partial charge on any atom is -0.461 e. The Morgan fingerprint density at radius 2 is 2.00 bits per heavy atom. The summed E-state index contributed by atoms with van der Waals surface area (Å²) in [7, 11) is 0. The van der Waals surface area contributed by atoms with Crippen molar-refractivity contribution in [3.8, 4) is 0 Å². The van der Waals surface area contributed by atoms with E-state index in [0.29, 0.717) is 11.4 Å². The van der Waals surface area contributed by atoms with Gasteiger partial charge >= 0.3 is 5.97 Å². The number of benzene rings is 1. The van der Waals surface area contributed by atoms with Gasteiger partial charge in [-0.3, -0.25) is 4.79 Å². The molecule has 110 valence electrons. The van der Waals surface area contributed by atoms with Gasteiger partial charge in [0.25, 0.3) is 0 Å². The van der Waals surface area contributed by atoms with Gasteiger partial charge in [0, 0.05) is 11.3 Å². The first-order valence-corrected chi connectivity index (χ1v) is 7.39. The predicted octanol–water partition coefficient (Wildman–Crippen LogP) is 1.94. The molecule has 0 aliphatic rings. The van der Waals surface area contributed by atoms with Crippen LogP contribution in [0.3, 0.4) is 0 Å². The lowest BCUT2D eigenvalue weighted by atomic mass is 10.1. The average Bonchev–Trinajstić information content (AvgIpc) is 2.82.